The van der Waals surface area contributed by atoms with Crippen LogP contribution in [-0.2, 0) is 0 Å². The van der Waals surface area contributed by atoms with Crippen LogP contribution in [0.3, 0.4) is 0 Å². The number of rotatable bonds is 3. The van der Waals surface area contributed by atoms with Gasteiger partial charge < -0.3 is 14.8 Å². The van der Waals surface area contributed by atoms with Gasteiger partial charge >= 0.3 is 0 Å². The molecular formula is C14H17N3O4. The van der Waals surface area contributed by atoms with Gasteiger partial charge in [0.25, 0.3) is 5.69 Å². The molecule has 0 bridgehead atoms. The van der Waals surface area contributed by atoms with Crippen LogP contribution in [0, 0.1) is 10.1 Å². The molecule has 1 aromatic carbocycles. The zero-order valence-corrected chi connectivity index (χ0v) is 11.6. The average molecular weight is 291 g/mol. The van der Waals surface area contributed by atoms with Crippen LogP contribution in [-0.4, -0.2) is 41.8 Å². The number of hydrogen-bond acceptors (Lipinski definition) is 6. The third kappa shape index (κ3) is 2.08. The van der Waals surface area contributed by atoms with E-state index >= 15 is 0 Å². The van der Waals surface area contributed by atoms with E-state index in [-0.39, 0.29) is 23.4 Å². The zero-order valence-electron chi connectivity index (χ0n) is 11.6. The van der Waals surface area contributed by atoms with Gasteiger partial charge in [-0.1, -0.05) is 0 Å². The van der Waals surface area contributed by atoms with Gasteiger partial charge in [-0.3, -0.25) is 15.0 Å². The fourth-order valence-corrected chi connectivity index (χ4v) is 3.65. The molecule has 0 aromatic heterocycles. The first-order chi connectivity index (χ1) is 10.2. The molecule has 112 valence electrons. The molecule has 3 aliphatic rings. The molecule has 1 aromatic rings. The molecule has 0 spiro atoms. The van der Waals surface area contributed by atoms with E-state index in [0.717, 1.165) is 25.9 Å². The van der Waals surface area contributed by atoms with Gasteiger partial charge in [0.2, 0.25) is 6.79 Å². The van der Waals surface area contributed by atoms with Crippen LogP contribution in [0.25, 0.3) is 0 Å². The Labute approximate surface area is 122 Å². The highest BCUT2D eigenvalue weighted by molar-refractivity contribution is 5.69. The average Bonchev–Trinajstić information content (AvgIpc) is 3.15. The quantitative estimate of drug-likeness (QED) is 0.677. The van der Waals surface area contributed by atoms with Gasteiger partial charge in [-0.25, -0.2) is 0 Å². The van der Waals surface area contributed by atoms with E-state index in [9.17, 15) is 10.1 Å². The molecule has 0 radical (unpaired) electrons. The fourth-order valence-electron chi connectivity index (χ4n) is 3.65. The van der Waals surface area contributed by atoms with Crippen LogP contribution in [0.5, 0.6) is 11.5 Å². The van der Waals surface area contributed by atoms with Crippen molar-refractivity contribution in [1.82, 2.24) is 4.90 Å². The molecule has 0 saturated carbocycles. The molecule has 0 amide bonds. The lowest BCUT2D eigenvalue weighted by Gasteiger charge is -2.22. The van der Waals surface area contributed by atoms with Crippen LogP contribution >= 0.6 is 0 Å². The van der Waals surface area contributed by atoms with Crippen LogP contribution in [0.1, 0.15) is 19.3 Å². The number of ether oxygens (including phenoxy) is 2. The minimum absolute atomic E-state index is 0.0516. The number of nitrogens with one attached hydrogen (secondary N) is 1. The van der Waals surface area contributed by atoms with E-state index in [0.29, 0.717) is 23.2 Å². The van der Waals surface area contributed by atoms with E-state index in [2.05, 4.69) is 10.2 Å². The molecule has 3 heterocycles. The van der Waals surface area contributed by atoms with E-state index < -0.39 is 0 Å². The Morgan fingerprint density at radius 3 is 2.86 bits per heavy atom. The first kappa shape index (κ1) is 12.7. The summed E-state index contributed by atoms with van der Waals surface area (Å²) in [6.45, 7) is 2.34. The van der Waals surface area contributed by atoms with Crippen molar-refractivity contribution in [2.45, 2.75) is 31.3 Å². The maximum absolute atomic E-state index is 11.3. The van der Waals surface area contributed by atoms with E-state index in [1.807, 2.05) is 0 Å². The molecule has 7 heteroatoms. The third-order valence-corrected chi connectivity index (χ3v) is 4.63. The summed E-state index contributed by atoms with van der Waals surface area (Å²) >= 11 is 0. The second-order valence-electron chi connectivity index (χ2n) is 5.76. The van der Waals surface area contributed by atoms with Gasteiger partial charge in [-0.2, -0.15) is 0 Å². The van der Waals surface area contributed by atoms with Crippen molar-refractivity contribution in [2.24, 2.45) is 0 Å². The van der Waals surface area contributed by atoms with Gasteiger partial charge in [-0.15, -0.1) is 0 Å². The van der Waals surface area contributed by atoms with Crippen molar-refractivity contribution >= 4 is 11.4 Å². The fraction of sp³-hybridized carbons (Fsp3) is 0.571. The standard InChI is InChI=1S/C14H17N3O4/c18-17(19)12-7-14-13(20-8-21-14)6-10(12)15-9-3-5-16-4-1-2-11(9)16/h6-7,9,11,15H,1-5,8H2. The van der Waals surface area contributed by atoms with Crippen molar-refractivity contribution in [3.63, 3.8) is 0 Å². The van der Waals surface area contributed by atoms with Crippen molar-refractivity contribution in [1.29, 1.82) is 0 Å². The SMILES string of the molecule is O=[N+]([O-])c1cc2c(cc1NC1CCN3CCCC13)OCO2. The Kier molecular flexibility index (Phi) is 2.88. The second-order valence-corrected chi connectivity index (χ2v) is 5.76. The molecule has 2 atom stereocenters. The molecule has 1 N–H and O–H groups in total. The Hall–Kier alpha value is -2.02. The summed E-state index contributed by atoms with van der Waals surface area (Å²) in [7, 11) is 0. The maximum atomic E-state index is 11.3. The van der Waals surface area contributed by atoms with Gasteiger partial charge in [0.15, 0.2) is 11.5 Å². The molecule has 3 aliphatic heterocycles. The lowest BCUT2D eigenvalue weighted by atomic mass is 10.1. The van der Waals surface area contributed by atoms with Crippen molar-refractivity contribution in [3.05, 3.63) is 22.2 Å². The zero-order chi connectivity index (χ0) is 14.4. The first-order valence-electron chi connectivity index (χ1n) is 7.31. The Balaban J connectivity index is 1.63. The Bertz CT molecular complexity index is 592. The molecule has 21 heavy (non-hydrogen) atoms. The Morgan fingerprint density at radius 1 is 1.24 bits per heavy atom. The minimum Gasteiger partial charge on any atom is -0.454 e. The molecule has 4 rings (SSSR count). The molecule has 0 aliphatic carbocycles. The summed E-state index contributed by atoms with van der Waals surface area (Å²) in [6, 6.07) is 3.91. The molecule has 2 fully saturated rings. The smallest absolute Gasteiger partial charge is 0.296 e. The molecule has 7 nitrogen and oxygen atoms in total. The highest BCUT2D eigenvalue weighted by Crippen LogP contribution is 2.42. The topological polar surface area (TPSA) is 76.9 Å². The number of hydrogen-bond donors (Lipinski definition) is 1. The number of nitrogens with zero attached hydrogens (tertiary/aromatic N) is 2. The minimum atomic E-state index is -0.369. The van der Waals surface area contributed by atoms with Gasteiger partial charge in [0.1, 0.15) is 5.69 Å². The lowest BCUT2D eigenvalue weighted by Crippen LogP contribution is -2.33. The molecule has 2 unspecified atom stereocenters. The van der Waals surface area contributed by atoms with Crippen molar-refractivity contribution in [2.75, 3.05) is 25.2 Å². The summed E-state index contributed by atoms with van der Waals surface area (Å²) in [5.74, 6) is 1.02. The number of anilines is 1. The van der Waals surface area contributed by atoms with Crippen LogP contribution in [0.15, 0.2) is 12.1 Å². The van der Waals surface area contributed by atoms with Crippen molar-refractivity contribution < 1.29 is 14.4 Å². The predicted octanol–water partition coefficient (Wildman–Crippen LogP) is 1.97. The number of benzene rings is 1. The maximum Gasteiger partial charge on any atom is 0.296 e. The highest BCUT2D eigenvalue weighted by Gasteiger charge is 2.38. The highest BCUT2D eigenvalue weighted by atomic mass is 16.7. The summed E-state index contributed by atoms with van der Waals surface area (Å²) in [5, 5.41) is 14.7. The van der Waals surface area contributed by atoms with Gasteiger partial charge in [0.05, 0.1) is 11.0 Å². The molecule has 2 saturated heterocycles. The Morgan fingerprint density at radius 2 is 2.05 bits per heavy atom. The summed E-state index contributed by atoms with van der Waals surface area (Å²) in [5.41, 5.74) is 0.582. The van der Waals surface area contributed by atoms with E-state index in [4.69, 9.17) is 9.47 Å². The lowest BCUT2D eigenvalue weighted by molar-refractivity contribution is -0.384. The second kappa shape index (κ2) is 4.77. The summed E-state index contributed by atoms with van der Waals surface area (Å²) in [4.78, 5) is 13.4. The normalized spacial score (nSPS) is 26.9. The summed E-state index contributed by atoms with van der Waals surface area (Å²) in [6.07, 6.45) is 3.40. The number of fused-ring (bicyclic) bond motifs is 2. The van der Waals surface area contributed by atoms with Crippen molar-refractivity contribution in [3.8, 4) is 11.5 Å². The van der Waals surface area contributed by atoms with Crippen LogP contribution in [0.2, 0.25) is 0 Å². The molecular weight excluding hydrogens is 274 g/mol. The number of nitro benzene ring substituents is 1. The van der Waals surface area contributed by atoms with Crippen LogP contribution < -0.4 is 14.8 Å². The van der Waals surface area contributed by atoms with Crippen LogP contribution in [0.4, 0.5) is 11.4 Å². The monoisotopic (exact) mass is 291 g/mol. The predicted molar refractivity (Wildman–Crippen MR) is 75.8 cm³/mol. The third-order valence-electron chi connectivity index (χ3n) is 4.63. The van der Waals surface area contributed by atoms with Gasteiger partial charge in [0, 0.05) is 24.7 Å². The largest absolute Gasteiger partial charge is 0.454 e. The van der Waals surface area contributed by atoms with Gasteiger partial charge in [-0.05, 0) is 25.8 Å². The first-order valence-corrected chi connectivity index (χ1v) is 7.31. The summed E-state index contributed by atoms with van der Waals surface area (Å²) < 4.78 is 10.6. The van der Waals surface area contributed by atoms with E-state index in [1.165, 1.54) is 12.5 Å². The van der Waals surface area contributed by atoms with E-state index in [1.54, 1.807) is 6.07 Å². The number of nitro groups is 1.